The molecule has 0 aliphatic carbocycles. The first-order chi connectivity index (χ1) is 13.5. The summed E-state index contributed by atoms with van der Waals surface area (Å²) in [6.07, 6.45) is 2.44. The van der Waals surface area contributed by atoms with Gasteiger partial charge in [-0.2, -0.15) is 4.31 Å². The molecule has 148 valence electrons. The van der Waals surface area contributed by atoms with Gasteiger partial charge in [-0.3, -0.25) is 0 Å². The number of hydrogen-bond acceptors (Lipinski definition) is 6. The summed E-state index contributed by atoms with van der Waals surface area (Å²) in [4.78, 5) is 1.06. The first kappa shape index (κ1) is 19.6. The van der Waals surface area contributed by atoms with Gasteiger partial charge in [-0.15, -0.1) is 21.5 Å². The normalized spacial score (nSPS) is 18.4. The summed E-state index contributed by atoms with van der Waals surface area (Å²) in [6.45, 7) is 2.91. The fraction of sp³-hybridized carbons (Fsp3) is 0.368. The molecule has 0 radical (unpaired) electrons. The van der Waals surface area contributed by atoms with Crippen LogP contribution < -0.4 is 0 Å². The lowest BCUT2D eigenvalue weighted by atomic mass is 10.0. The van der Waals surface area contributed by atoms with Gasteiger partial charge in [0.2, 0.25) is 0 Å². The molecule has 0 amide bonds. The van der Waals surface area contributed by atoms with E-state index in [2.05, 4.69) is 10.2 Å². The molecule has 0 saturated carbocycles. The summed E-state index contributed by atoms with van der Waals surface area (Å²) < 4.78 is 42.0. The highest BCUT2D eigenvalue weighted by atomic mass is 32.2. The molecule has 0 N–H and O–H groups in total. The molecule has 28 heavy (non-hydrogen) atoms. The third kappa shape index (κ3) is 3.76. The Morgan fingerprint density at radius 3 is 2.75 bits per heavy atom. The fourth-order valence-electron chi connectivity index (χ4n) is 3.32. The Balaban J connectivity index is 1.55. The number of rotatable bonds is 5. The summed E-state index contributed by atoms with van der Waals surface area (Å²) in [5.74, 6) is -0.352. The summed E-state index contributed by atoms with van der Waals surface area (Å²) in [5, 5.41) is 9.68. The standard InChI is InChI=1S/C19H20FN3O2S3/c1-2-14-9-10-17(26-14)28(24,25)23-11-5-6-13(12-23)18-21-22-19(27-18)15-7-3-4-8-16(15)20/h3-4,7-10,13H,2,5-6,11-12H2,1H3. The van der Waals surface area contributed by atoms with E-state index in [4.69, 9.17) is 0 Å². The van der Waals surface area contributed by atoms with Crippen molar-refractivity contribution in [2.75, 3.05) is 13.1 Å². The molecule has 5 nitrogen and oxygen atoms in total. The van der Waals surface area contributed by atoms with E-state index in [1.165, 1.54) is 28.7 Å². The van der Waals surface area contributed by atoms with Crippen LogP contribution in [-0.2, 0) is 16.4 Å². The van der Waals surface area contributed by atoms with Gasteiger partial charge in [-0.1, -0.05) is 30.4 Å². The van der Waals surface area contributed by atoms with Gasteiger partial charge in [-0.25, -0.2) is 12.8 Å². The summed E-state index contributed by atoms with van der Waals surface area (Å²) in [6, 6.07) is 10.1. The lowest BCUT2D eigenvalue weighted by Gasteiger charge is -2.30. The fourth-order valence-corrected chi connectivity index (χ4v) is 7.29. The van der Waals surface area contributed by atoms with Crippen LogP contribution in [0.3, 0.4) is 0 Å². The van der Waals surface area contributed by atoms with Crippen molar-refractivity contribution in [2.24, 2.45) is 0 Å². The van der Waals surface area contributed by atoms with Gasteiger partial charge >= 0.3 is 0 Å². The van der Waals surface area contributed by atoms with Crippen molar-refractivity contribution in [3.63, 3.8) is 0 Å². The summed E-state index contributed by atoms with van der Waals surface area (Å²) in [7, 11) is -3.50. The maximum Gasteiger partial charge on any atom is 0.252 e. The number of nitrogens with zero attached hydrogens (tertiary/aromatic N) is 3. The van der Waals surface area contributed by atoms with E-state index < -0.39 is 10.0 Å². The second-order valence-electron chi connectivity index (χ2n) is 6.70. The van der Waals surface area contributed by atoms with E-state index >= 15 is 0 Å². The molecule has 0 spiro atoms. The second kappa shape index (κ2) is 7.98. The van der Waals surface area contributed by atoms with E-state index in [1.54, 1.807) is 28.6 Å². The van der Waals surface area contributed by atoms with Crippen molar-refractivity contribution in [3.05, 3.63) is 52.1 Å². The Hall–Kier alpha value is -1.68. The maximum atomic E-state index is 14.0. The van der Waals surface area contributed by atoms with Gasteiger partial charge in [0, 0.05) is 29.4 Å². The molecular weight excluding hydrogens is 417 g/mol. The Morgan fingerprint density at radius 1 is 1.18 bits per heavy atom. The zero-order chi connectivity index (χ0) is 19.7. The van der Waals surface area contributed by atoms with Crippen molar-refractivity contribution < 1.29 is 12.8 Å². The van der Waals surface area contributed by atoms with Gasteiger partial charge in [-0.05, 0) is 43.5 Å². The van der Waals surface area contributed by atoms with Crippen LogP contribution in [0.4, 0.5) is 4.39 Å². The first-order valence-corrected chi connectivity index (χ1v) is 12.2. The van der Waals surface area contributed by atoms with Gasteiger partial charge in [0.05, 0.1) is 0 Å². The average Bonchev–Trinajstić information content (AvgIpc) is 3.38. The Bertz CT molecular complexity index is 1080. The number of sulfonamides is 1. The number of aryl methyl sites for hydroxylation is 1. The lowest BCUT2D eigenvalue weighted by molar-refractivity contribution is 0.315. The molecule has 4 rings (SSSR count). The lowest BCUT2D eigenvalue weighted by Crippen LogP contribution is -2.38. The molecule has 2 aromatic heterocycles. The van der Waals surface area contributed by atoms with Gasteiger partial charge in [0.15, 0.2) is 5.01 Å². The minimum absolute atomic E-state index is 0.0212. The maximum absolute atomic E-state index is 14.0. The monoisotopic (exact) mass is 437 g/mol. The smallest absolute Gasteiger partial charge is 0.206 e. The number of aromatic nitrogens is 2. The molecule has 0 bridgehead atoms. The minimum Gasteiger partial charge on any atom is -0.206 e. The third-order valence-corrected chi connectivity index (χ3v) is 9.54. The molecule has 1 aliphatic rings. The molecule has 3 aromatic rings. The van der Waals surface area contributed by atoms with Crippen LogP contribution in [0.5, 0.6) is 0 Å². The minimum atomic E-state index is -3.50. The molecule has 9 heteroatoms. The quantitative estimate of drug-likeness (QED) is 0.588. The van der Waals surface area contributed by atoms with Crippen molar-refractivity contribution in [1.82, 2.24) is 14.5 Å². The van der Waals surface area contributed by atoms with Crippen LogP contribution in [0, 0.1) is 5.82 Å². The van der Waals surface area contributed by atoms with Gasteiger partial charge in [0.1, 0.15) is 15.0 Å². The summed E-state index contributed by atoms with van der Waals surface area (Å²) in [5.41, 5.74) is 0.428. The van der Waals surface area contributed by atoms with E-state index in [0.29, 0.717) is 27.9 Å². The van der Waals surface area contributed by atoms with Crippen LogP contribution in [0.1, 0.15) is 35.6 Å². The summed E-state index contributed by atoms with van der Waals surface area (Å²) >= 11 is 2.68. The van der Waals surface area contributed by atoms with Crippen molar-refractivity contribution in [1.29, 1.82) is 0 Å². The molecule has 1 atom stereocenters. The number of thiophene rings is 1. The Morgan fingerprint density at radius 2 is 2.00 bits per heavy atom. The molecule has 1 saturated heterocycles. The SMILES string of the molecule is CCc1ccc(S(=O)(=O)N2CCCC(c3nnc(-c4ccccc4F)s3)C2)s1. The highest BCUT2D eigenvalue weighted by molar-refractivity contribution is 7.91. The number of benzene rings is 1. The van der Waals surface area contributed by atoms with E-state index in [0.717, 1.165) is 29.1 Å². The van der Waals surface area contributed by atoms with Crippen molar-refractivity contribution in [2.45, 2.75) is 36.3 Å². The second-order valence-corrected chi connectivity index (χ2v) is 11.0. The number of hydrogen-bond donors (Lipinski definition) is 0. The first-order valence-electron chi connectivity index (χ1n) is 9.16. The van der Waals surface area contributed by atoms with E-state index in [1.807, 2.05) is 13.0 Å². The van der Waals surface area contributed by atoms with E-state index in [9.17, 15) is 12.8 Å². The predicted octanol–water partition coefficient (Wildman–Crippen LogP) is 4.54. The zero-order valence-electron chi connectivity index (χ0n) is 15.3. The Kier molecular flexibility index (Phi) is 5.59. The highest BCUT2D eigenvalue weighted by Crippen LogP contribution is 2.36. The van der Waals surface area contributed by atoms with Gasteiger partial charge < -0.3 is 0 Å². The van der Waals surface area contributed by atoms with Crippen LogP contribution in [0.2, 0.25) is 0 Å². The largest absolute Gasteiger partial charge is 0.252 e. The van der Waals surface area contributed by atoms with Crippen LogP contribution in [0.25, 0.3) is 10.6 Å². The molecule has 1 aliphatic heterocycles. The zero-order valence-corrected chi connectivity index (χ0v) is 17.8. The topological polar surface area (TPSA) is 63.2 Å². The predicted molar refractivity (Wildman–Crippen MR) is 110 cm³/mol. The Labute approximate surface area is 171 Å². The van der Waals surface area contributed by atoms with Crippen molar-refractivity contribution in [3.8, 4) is 10.6 Å². The van der Waals surface area contributed by atoms with Crippen LogP contribution in [-0.4, -0.2) is 36.0 Å². The molecule has 1 unspecified atom stereocenters. The molecule has 1 fully saturated rings. The van der Waals surface area contributed by atoms with E-state index in [-0.39, 0.29) is 11.7 Å². The average molecular weight is 438 g/mol. The third-order valence-electron chi connectivity index (χ3n) is 4.86. The number of halogens is 1. The highest BCUT2D eigenvalue weighted by Gasteiger charge is 2.33. The molecule has 1 aromatic carbocycles. The van der Waals surface area contributed by atoms with Crippen LogP contribution in [0.15, 0.2) is 40.6 Å². The van der Waals surface area contributed by atoms with Crippen LogP contribution >= 0.6 is 22.7 Å². The number of piperidine rings is 1. The van der Waals surface area contributed by atoms with Crippen molar-refractivity contribution >= 4 is 32.7 Å². The van der Waals surface area contributed by atoms with Gasteiger partial charge in [0.25, 0.3) is 10.0 Å². The molecular formula is C19H20FN3O2S3. The molecule has 3 heterocycles.